The molecular formula is C12H13NO3S. The number of carbonyl (C=O) groups excluding carboxylic acids is 1. The molecule has 90 valence electrons. The maximum Gasteiger partial charge on any atom is 0.336 e. The fraction of sp³-hybridized carbons (Fsp3) is 0.167. The summed E-state index contributed by atoms with van der Waals surface area (Å²) in [7, 11) is 0. The summed E-state index contributed by atoms with van der Waals surface area (Å²) in [5, 5.41) is 9.01. The first-order valence-corrected chi connectivity index (χ1v) is 5.92. The van der Waals surface area contributed by atoms with Crippen LogP contribution in [0.4, 0.5) is 5.69 Å². The van der Waals surface area contributed by atoms with E-state index in [1.165, 1.54) is 13.0 Å². The van der Waals surface area contributed by atoms with E-state index in [9.17, 15) is 9.59 Å². The maximum absolute atomic E-state index is 11.0. The van der Waals surface area contributed by atoms with Gasteiger partial charge in [0.2, 0.25) is 0 Å². The second-order valence-corrected chi connectivity index (χ2v) is 4.52. The number of anilines is 1. The molecule has 4 nitrogen and oxygen atoms in total. The minimum absolute atomic E-state index is 0.0224. The Morgan fingerprint density at radius 2 is 2.18 bits per heavy atom. The monoisotopic (exact) mass is 251 g/mol. The predicted octanol–water partition coefficient (Wildman–Crippen LogP) is 2.26. The lowest BCUT2D eigenvalue weighted by Crippen LogP contribution is -2.02. The normalized spacial score (nSPS) is 10.6. The predicted molar refractivity (Wildman–Crippen MR) is 70.0 cm³/mol. The van der Waals surface area contributed by atoms with Crippen LogP contribution in [0.5, 0.6) is 0 Å². The average Bonchev–Trinajstić information content (AvgIpc) is 2.25. The molecule has 0 aliphatic carbocycles. The number of thioether (sulfide) groups is 1. The van der Waals surface area contributed by atoms with Gasteiger partial charge in [-0.1, -0.05) is 30.0 Å². The van der Waals surface area contributed by atoms with Gasteiger partial charge in [-0.25, -0.2) is 4.79 Å². The lowest BCUT2D eigenvalue weighted by Gasteiger charge is -2.04. The van der Waals surface area contributed by atoms with Crippen LogP contribution in [0.3, 0.4) is 0 Å². The fourth-order valence-corrected chi connectivity index (χ4v) is 1.71. The largest absolute Gasteiger partial charge is 0.478 e. The number of nitrogen functional groups attached to an aromatic ring is 1. The van der Waals surface area contributed by atoms with Crippen molar-refractivity contribution in [3.8, 4) is 0 Å². The molecular weight excluding hydrogens is 238 g/mol. The minimum Gasteiger partial charge on any atom is -0.478 e. The van der Waals surface area contributed by atoms with Crippen molar-refractivity contribution < 1.29 is 14.7 Å². The number of carboxylic acid groups (broad SMARTS) is 1. The summed E-state index contributed by atoms with van der Waals surface area (Å²) in [6.45, 7) is 1.48. The second kappa shape index (κ2) is 6.10. The van der Waals surface area contributed by atoms with E-state index in [4.69, 9.17) is 10.8 Å². The van der Waals surface area contributed by atoms with Crippen LogP contribution in [0.15, 0.2) is 24.3 Å². The molecule has 5 heteroatoms. The van der Waals surface area contributed by atoms with Crippen LogP contribution < -0.4 is 5.73 Å². The van der Waals surface area contributed by atoms with Crippen molar-refractivity contribution >= 4 is 34.6 Å². The molecule has 3 N–H and O–H groups in total. The van der Waals surface area contributed by atoms with Crippen molar-refractivity contribution in [2.24, 2.45) is 0 Å². The number of hydrogen-bond donors (Lipinski definition) is 2. The van der Waals surface area contributed by atoms with Crippen LogP contribution in [-0.4, -0.2) is 21.9 Å². The van der Waals surface area contributed by atoms with Crippen molar-refractivity contribution in [2.45, 2.75) is 6.92 Å². The number of hydrogen-bond acceptors (Lipinski definition) is 4. The molecule has 0 aliphatic heterocycles. The standard InChI is InChI=1S/C12H13NO3S/c1-8(14)17-7-3-5-9-10(12(15)16)4-2-6-11(9)13/h2-6H,7,13H2,1H3,(H,15,16). The van der Waals surface area contributed by atoms with Gasteiger partial charge < -0.3 is 10.8 Å². The molecule has 0 atom stereocenters. The summed E-state index contributed by atoms with van der Waals surface area (Å²) < 4.78 is 0. The van der Waals surface area contributed by atoms with Crippen LogP contribution in [0.25, 0.3) is 6.08 Å². The summed E-state index contributed by atoms with van der Waals surface area (Å²) in [4.78, 5) is 21.7. The van der Waals surface area contributed by atoms with Gasteiger partial charge in [-0.15, -0.1) is 0 Å². The summed E-state index contributed by atoms with van der Waals surface area (Å²) in [5.74, 6) is -0.515. The fourth-order valence-electron chi connectivity index (χ4n) is 1.29. The second-order valence-electron chi connectivity index (χ2n) is 3.32. The summed E-state index contributed by atoms with van der Waals surface area (Å²) in [6.07, 6.45) is 3.36. The van der Waals surface area contributed by atoms with Gasteiger partial charge in [-0.05, 0) is 12.1 Å². The molecule has 0 radical (unpaired) electrons. The van der Waals surface area contributed by atoms with Gasteiger partial charge in [0.05, 0.1) is 5.56 Å². The molecule has 0 saturated carbocycles. The Morgan fingerprint density at radius 1 is 1.47 bits per heavy atom. The zero-order valence-electron chi connectivity index (χ0n) is 9.34. The zero-order valence-corrected chi connectivity index (χ0v) is 10.2. The molecule has 0 aromatic heterocycles. The number of nitrogens with two attached hydrogens (primary N) is 1. The minimum atomic E-state index is -1.02. The van der Waals surface area contributed by atoms with E-state index in [2.05, 4.69) is 0 Å². The van der Waals surface area contributed by atoms with Crippen molar-refractivity contribution in [3.63, 3.8) is 0 Å². The molecule has 0 unspecified atom stereocenters. The van der Waals surface area contributed by atoms with E-state index in [1.807, 2.05) is 0 Å². The Labute approximate surface area is 104 Å². The van der Waals surface area contributed by atoms with Crippen LogP contribution in [0, 0.1) is 0 Å². The van der Waals surface area contributed by atoms with E-state index in [0.29, 0.717) is 17.0 Å². The van der Waals surface area contributed by atoms with Gasteiger partial charge in [0.25, 0.3) is 0 Å². The van der Waals surface area contributed by atoms with Crippen LogP contribution in [0.2, 0.25) is 0 Å². The van der Waals surface area contributed by atoms with Gasteiger partial charge in [0.1, 0.15) is 0 Å². The smallest absolute Gasteiger partial charge is 0.336 e. The van der Waals surface area contributed by atoms with Crippen LogP contribution in [-0.2, 0) is 4.79 Å². The molecule has 0 fully saturated rings. The molecule has 0 bridgehead atoms. The van der Waals surface area contributed by atoms with E-state index in [-0.39, 0.29) is 10.7 Å². The van der Waals surface area contributed by atoms with Gasteiger partial charge in [-0.3, -0.25) is 4.79 Å². The van der Waals surface area contributed by atoms with Gasteiger partial charge in [0.15, 0.2) is 5.12 Å². The first kappa shape index (κ1) is 13.3. The third-order valence-corrected chi connectivity index (χ3v) is 2.80. The Bertz CT molecular complexity index is 469. The molecule has 0 spiro atoms. The first-order valence-electron chi connectivity index (χ1n) is 4.94. The Kier molecular flexibility index (Phi) is 4.78. The highest BCUT2D eigenvalue weighted by Gasteiger charge is 2.09. The number of carboxylic acids is 1. The third kappa shape index (κ3) is 3.96. The van der Waals surface area contributed by atoms with Gasteiger partial charge in [0, 0.05) is 23.9 Å². The molecule has 1 rings (SSSR count). The molecule has 0 saturated heterocycles. The lowest BCUT2D eigenvalue weighted by atomic mass is 10.1. The molecule has 0 amide bonds. The van der Waals surface area contributed by atoms with E-state index in [0.717, 1.165) is 11.8 Å². The van der Waals surface area contributed by atoms with Crippen molar-refractivity contribution in [1.82, 2.24) is 0 Å². The van der Waals surface area contributed by atoms with Gasteiger partial charge >= 0.3 is 5.97 Å². The first-order chi connectivity index (χ1) is 8.02. The number of rotatable bonds is 4. The topological polar surface area (TPSA) is 80.4 Å². The molecule has 0 aliphatic rings. The molecule has 1 aromatic carbocycles. The molecule has 1 aromatic rings. The highest BCUT2D eigenvalue weighted by Crippen LogP contribution is 2.19. The Morgan fingerprint density at radius 3 is 2.76 bits per heavy atom. The van der Waals surface area contributed by atoms with E-state index in [1.54, 1.807) is 24.3 Å². The summed E-state index contributed by atoms with van der Waals surface area (Å²) >= 11 is 1.16. The zero-order chi connectivity index (χ0) is 12.8. The third-order valence-electron chi connectivity index (χ3n) is 2.04. The number of aromatic carboxylic acids is 1. The van der Waals surface area contributed by atoms with E-state index >= 15 is 0 Å². The van der Waals surface area contributed by atoms with Crippen LogP contribution in [0.1, 0.15) is 22.8 Å². The van der Waals surface area contributed by atoms with Crippen LogP contribution >= 0.6 is 11.8 Å². The summed E-state index contributed by atoms with van der Waals surface area (Å²) in [5.41, 5.74) is 6.76. The molecule has 0 heterocycles. The maximum atomic E-state index is 11.0. The summed E-state index contributed by atoms with van der Waals surface area (Å²) in [6, 6.07) is 4.74. The Hall–Kier alpha value is -1.75. The van der Waals surface area contributed by atoms with Crippen molar-refractivity contribution in [2.75, 3.05) is 11.5 Å². The van der Waals surface area contributed by atoms with Crippen molar-refractivity contribution in [1.29, 1.82) is 0 Å². The Balaban J connectivity index is 2.89. The molecule has 17 heavy (non-hydrogen) atoms. The van der Waals surface area contributed by atoms with Gasteiger partial charge in [-0.2, -0.15) is 0 Å². The average molecular weight is 251 g/mol. The number of benzene rings is 1. The highest BCUT2D eigenvalue weighted by atomic mass is 32.2. The number of carbonyl (C=O) groups is 2. The SMILES string of the molecule is CC(=O)SCC=Cc1c(N)cccc1C(=O)O. The quantitative estimate of drug-likeness (QED) is 0.802. The lowest BCUT2D eigenvalue weighted by molar-refractivity contribution is -0.109. The highest BCUT2D eigenvalue weighted by molar-refractivity contribution is 8.13. The van der Waals surface area contributed by atoms with E-state index < -0.39 is 5.97 Å². The van der Waals surface area contributed by atoms with Crippen molar-refractivity contribution in [3.05, 3.63) is 35.4 Å².